The van der Waals surface area contributed by atoms with E-state index in [1.165, 1.54) is 22.2 Å². The normalized spacial score (nSPS) is 11.7. The molecule has 90 valence electrons. The van der Waals surface area contributed by atoms with E-state index in [0.29, 0.717) is 19.2 Å². The molecule has 1 N–H and O–H groups in total. The van der Waals surface area contributed by atoms with Gasteiger partial charge in [-0.1, -0.05) is 20.1 Å². The van der Waals surface area contributed by atoms with Gasteiger partial charge in [-0.25, -0.2) is 0 Å². The van der Waals surface area contributed by atoms with Crippen LogP contribution in [0.2, 0.25) is 0 Å². The van der Waals surface area contributed by atoms with E-state index < -0.39 is 12.3 Å². The molecule has 0 saturated carbocycles. The molecule has 0 radical (unpaired) electrons. The van der Waals surface area contributed by atoms with Crippen molar-refractivity contribution in [2.24, 2.45) is 0 Å². The molecule has 16 heavy (non-hydrogen) atoms. The number of carbonyl (C=O) groups is 2. The number of aliphatic hydroxyl groups is 1. The van der Waals surface area contributed by atoms with Crippen LogP contribution in [-0.2, 0) is 9.59 Å². The van der Waals surface area contributed by atoms with Crippen molar-refractivity contribution in [1.82, 2.24) is 9.80 Å². The largest absolute Gasteiger partial charge is 0.393 e. The Labute approximate surface area is 95.6 Å². The fraction of sp³-hybridized carbons (Fsp3) is 0.455. The third-order valence-corrected chi connectivity index (χ3v) is 2.31. The number of carbonyl (C=O) groups excluding carboxylic acids is 2. The predicted molar refractivity (Wildman–Crippen MR) is 60.9 cm³/mol. The number of amides is 2. The summed E-state index contributed by atoms with van der Waals surface area (Å²) in [6, 6.07) is 0. The number of nitrogens with zero attached hydrogens (tertiary/aromatic N) is 2. The van der Waals surface area contributed by atoms with Crippen molar-refractivity contribution in [2.45, 2.75) is 32.0 Å². The molecule has 0 saturated heterocycles. The van der Waals surface area contributed by atoms with Crippen LogP contribution in [0.5, 0.6) is 0 Å². The predicted octanol–water partition coefficient (Wildman–Crippen LogP) is 0.677. The van der Waals surface area contributed by atoms with Gasteiger partial charge in [0, 0.05) is 18.8 Å². The van der Waals surface area contributed by atoms with Crippen LogP contribution in [0.15, 0.2) is 25.6 Å². The molecule has 0 aliphatic carbocycles. The number of hydrogen-bond acceptors (Lipinski definition) is 3. The topological polar surface area (TPSA) is 60.9 Å². The molecule has 0 aliphatic rings. The molecule has 0 rings (SSSR count). The average molecular weight is 226 g/mol. The van der Waals surface area contributed by atoms with Crippen molar-refractivity contribution in [3.63, 3.8) is 0 Å². The molecule has 5 nitrogen and oxygen atoms in total. The minimum Gasteiger partial charge on any atom is -0.393 e. The fourth-order valence-corrected chi connectivity index (χ4v) is 1.28. The molecule has 5 heteroatoms. The first-order chi connectivity index (χ1) is 7.64. The van der Waals surface area contributed by atoms with Crippen LogP contribution >= 0.6 is 0 Å². The van der Waals surface area contributed by atoms with Gasteiger partial charge in [0.25, 0.3) is 0 Å². The standard InChI is InChI=1S/C11H18N2O3/c1-4-10(16)7-11(12(5-2)8-14)13(6-3)9-15/h5-6,8-11,16H,2-4,7H2,1H3. The van der Waals surface area contributed by atoms with E-state index in [4.69, 9.17) is 0 Å². The van der Waals surface area contributed by atoms with E-state index in [0.717, 1.165) is 0 Å². The summed E-state index contributed by atoms with van der Waals surface area (Å²) in [5.74, 6) is 0. The maximum absolute atomic E-state index is 10.8. The Morgan fingerprint density at radius 3 is 1.88 bits per heavy atom. The molecule has 0 heterocycles. The van der Waals surface area contributed by atoms with Crippen LogP contribution in [0.25, 0.3) is 0 Å². The van der Waals surface area contributed by atoms with E-state index in [1.807, 2.05) is 6.92 Å². The Morgan fingerprint density at radius 1 is 1.19 bits per heavy atom. The summed E-state index contributed by atoms with van der Waals surface area (Å²) in [7, 11) is 0. The molecular formula is C11H18N2O3. The molecule has 0 aliphatic heterocycles. The van der Waals surface area contributed by atoms with E-state index in [9.17, 15) is 14.7 Å². The minimum atomic E-state index is -0.588. The van der Waals surface area contributed by atoms with Crippen LogP contribution in [0.1, 0.15) is 19.8 Å². The average Bonchev–Trinajstić information content (AvgIpc) is 2.31. The summed E-state index contributed by atoms with van der Waals surface area (Å²) in [6.45, 7) is 8.77. The molecule has 0 aromatic rings. The Balaban J connectivity index is 4.85. The summed E-state index contributed by atoms with van der Waals surface area (Å²) in [5.41, 5.74) is 0. The molecule has 0 aromatic carbocycles. The van der Waals surface area contributed by atoms with Crippen molar-refractivity contribution in [3.05, 3.63) is 25.6 Å². The van der Waals surface area contributed by atoms with Gasteiger partial charge in [0.1, 0.15) is 6.17 Å². The highest BCUT2D eigenvalue weighted by Crippen LogP contribution is 2.12. The lowest BCUT2D eigenvalue weighted by Gasteiger charge is -2.32. The summed E-state index contributed by atoms with van der Waals surface area (Å²) in [4.78, 5) is 24.0. The van der Waals surface area contributed by atoms with Crippen LogP contribution in [0.4, 0.5) is 0 Å². The third kappa shape index (κ3) is 3.86. The van der Waals surface area contributed by atoms with Gasteiger partial charge in [-0.05, 0) is 6.42 Å². The monoisotopic (exact) mass is 226 g/mol. The van der Waals surface area contributed by atoms with E-state index >= 15 is 0 Å². The highest BCUT2D eigenvalue weighted by Gasteiger charge is 2.22. The van der Waals surface area contributed by atoms with Gasteiger partial charge in [0.05, 0.1) is 6.10 Å². The molecule has 0 aromatic heterocycles. The molecule has 0 spiro atoms. The molecule has 2 amide bonds. The van der Waals surface area contributed by atoms with Gasteiger partial charge < -0.3 is 14.9 Å². The van der Waals surface area contributed by atoms with E-state index in [-0.39, 0.29) is 6.42 Å². The highest BCUT2D eigenvalue weighted by atomic mass is 16.3. The zero-order valence-corrected chi connectivity index (χ0v) is 9.45. The van der Waals surface area contributed by atoms with Gasteiger partial charge in [0.2, 0.25) is 12.8 Å². The zero-order chi connectivity index (χ0) is 12.6. The Bertz CT molecular complexity index is 220. The van der Waals surface area contributed by atoms with Crippen molar-refractivity contribution >= 4 is 12.8 Å². The van der Waals surface area contributed by atoms with E-state index in [1.54, 1.807) is 0 Å². The number of rotatable bonds is 9. The van der Waals surface area contributed by atoms with Gasteiger partial charge >= 0.3 is 0 Å². The zero-order valence-electron chi connectivity index (χ0n) is 9.45. The number of aliphatic hydroxyl groups excluding tert-OH is 1. The summed E-state index contributed by atoms with van der Waals surface area (Å²) < 4.78 is 0. The first kappa shape index (κ1) is 14.4. The van der Waals surface area contributed by atoms with Gasteiger partial charge in [-0.3, -0.25) is 9.59 Å². The smallest absolute Gasteiger partial charge is 0.215 e. The molecule has 1 unspecified atom stereocenters. The van der Waals surface area contributed by atoms with Gasteiger partial charge in [-0.15, -0.1) is 0 Å². The maximum atomic E-state index is 10.8. The molecule has 0 bridgehead atoms. The van der Waals surface area contributed by atoms with Crippen molar-refractivity contribution in [1.29, 1.82) is 0 Å². The van der Waals surface area contributed by atoms with Crippen molar-refractivity contribution < 1.29 is 14.7 Å². The summed E-state index contributed by atoms with van der Waals surface area (Å²) in [6.07, 6.45) is 3.35. The second-order valence-corrected chi connectivity index (χ2v) is 3.25. The van der Waals surface area contributed by atoms with Crippen LogP contribution < -0.4 is 0 Å². The third-order valence-electron chi connectivity index (χ3n) is 2.31. The second-order valence-electron chi connectivity index (χ2n) is 3.25. The first-order valence-corrected chi connectivity index (χ1v) is 5.03. The Morgan fingerprint density at radius 2 is 1.62 bits per heavy atom. The number of hydrogen-bond donors (Lipinski definition) is 1. The van der Waals surface area contributed by atoms with Crippen LogP contribution in [-0.4, -0.2) is 40.0 Å². The van der Waals surface area contributed by atoms with Crippen LogP contribution in [0, 0.1) is 0 Å². The maximum Gasteiger partial charge on any atom is 0.215 e. The molecular weight excluding hydrogens is 208 g/mol. The van der Waals surface area contributed by atoms with Gasteiger partial charge in [-0.2, -0.15) is 0 Å². The first-order valence-electron chi connectivity index (χ1n) is 5.03. The lowest BCUT2D eigenvalue weighted by Crippen LogP contribution is -2.44. The fourth-order valence-electron chi connectivity index (χ4n) is 1.28. The Kier molecular flexibility index (Phi) is 6.87. The molecule has 0 fully saturated rings. The molecule has 1 atom stereocenters. The van der Waals surface area contributed by atoms with E-state index in [2.05, 4.69) is 13.2 Å². The summed E-state index contributed by atoms with van der Waals surface area (Å²) in [5, 5.41) is 9.55. The lowest BCUT2D eigenvalue weighted by molar-refractivity contribution is -0.126. The quantitative estimate of drug-likeness (QED) is 0.464. The van der Waals surface area contributed by atoms with Crippen LogP contribution in [0.3, 0.4) is 0 Å². The highest BCUT2D eigenvalue weighted by molar-refractivity contribution is 5.54. The van der Waals surface area contributed by atoms with Crippen molar-refractivity contribution in [2.75, 3.05) is 0 Å². The SMILES string of the molecule is C=CN(C=O)C(CC(O)CC)N(C=C)C=O. The Hall–Kier alpha value is -1.62. The minimum absolute atomic E-state index is 0.256. The van der Waals surface area contributed by atoms with Gasteiger partial charge in [0.15, 0.2) is 0 Å². The second kappa shape index (κ2) is 7.64. The van der Waals surface area contributed by atoms with Crippen molar-refractivity contribution in [3.8, 4) is 0 Å². The lowest BCUT2D eigenvalue weighted by atomic mass is 10.1. The summed E-state index contributed by atoms with van der Waals surface area (Å²) >= 11 is 0.